The van der Waals surface area contributed by atoms with Crippen LogP contribution < -0.4 is 0 Å². The van der Waals surface area contributed by atoms with Crippen molar-refractivity contribution in [3.05, 3.63) is 69.8 Å². The molecule has 0 bridgehead atoms. The number of carboxylic acid groups (broad SMARTS) is 1. The molecule has 2 rings (SSSR count). The molecule has 21 heavy (non-hydrogen) atoms. The molecule has 0 spiro atoms. The monoisotopic (exact) mass is 282 g/mol. The minimum atomic E-state index is -0.767. The molecule has 0 aliphatic heterocycles. The van der Waals surface area contributed by atoms with Gasteiger partial charge in [-0.25, -0.2) is 0 Å². The van der Waals surface area contributed by atoms with Gasteiger partial charge < -0.3 is 5.11 Å². The molecule has 110 valence electrons. The van der Waals surface area contributed by atoms with E-state index >= 15 is 0 Å². The normalized spacial score (nSPS) is 10.9. The first-order chi connectivity index (χ1) is 9.88. The highest BCUT2D eigenvalue weighted by molar-refractivity contribution is 5.69. The summed E-state index contributed by atoms with van der Waals surface area (Å²) in [5, 5.41) is 9.25. The Labute approximate surface area is 126 Å². The van der Waals surface area contributed by atoms with Crippen LogP contribution in [-0.2, 0) is 4.79 Å². The second-order valence-electron chi connectivity index (χ2n) is 5.84. The molecule has 2 nitrogen and oxygen atoms in total. The van der Waals surface area contributed by atoms with Crippen molar-refractivity contribution in [3.63, 3.8) is 0 Å². The van der Waals surface area contributed by atoms with E-state index in [0.717, 1.165) is 11.1 Å². The summed E-state index contributed by atoms with van der Waals surface area (Å²) in [6, 6.07) is 12.5. The van der Waals surface area contributed by atoms with E-state index < -0.39 is 5.97 Å². The van der Waals surface area contributed by atoms with Gasteiger partial charge in [-0.3, -0.25) is 4.79 Å². The summed E-state index contributed by atoms with van der Waals surface area (Å²) in [5.41, 5.74) is 7.01. The van der Waals surface area contributed by atoms with Crippen molar-refractivity contribution in [3.8, 4) is 0 Å². The topological polar surface area (TPSA) is 37.3 Å². The largest absolute Gasteiger partial charge is 0.481 e. The molecule has 0 saturated carbocycles. The third kappa shape index (κ3) is 3.52. The van der Waals surface area contributed by atoms with E-state index in [0.29, 0.717) is 0 Å². The number of rotatable bonds is 4. The molecule has 0 saturated heterocycles. The lowest BCUT2D eigenvalue weighted by Crippen LogP contribution is -2.09. The number of benzene rings is 2. The van der Waals surface area contributed by atoms with Crippen LogP contribution in [0.1, 0.15) is 45.7 Å². The van der Waals surface area contributed by atoms with E-state index in [4.69, 9.17) is 0 Å². The number of aliphatic carboxylic acids is 1. The maximum Gasteiger partial charge on any atom is 0.304 e. The average molecular weight is 282 g/mol. The van der Waals surface area contributed by atoms with Crippen molar-refractivity contribution in [1.82, 2.24) is 0 Å². The summed E-state index contributed by atoms with van der Waals surface area (Å²) in [5.74, 6) is -0.863. The molecular formula is C19H22O2. The number of carbonyl (C=O) groups is 1. The van der Waals surface area contributed by atoms with Crippen LogP contribution >= 0.6 is 0 Å². The van der Waals surface area contributed by atoms with Gasteiger partial charge in [-0.15, -0.1) is 0 Å². The van der Waals surface area contributed by atoms with Gasteiger partial charge in [0, 0.05) is 5.92 Å². The van der Waals surface area contributed by atoms with Crippen molar-refractivity contribution in [2.45, 2.75) is 40.0 Å². The van der Waals surface area contributed by atoms with Crippen molar-refractivity contribution in [2.75, 3.05) is 0 Å². The maximum atomic E-state index is 11.3. The number of carboxylic acids is 1. The highest BCUT2D eigenvalue weighted by Gasteiger charge is 2.18. The van der Waals surface area contributed by atoms with Crippen LogP contribution in [0.4, 0.5) is 0 Å². The van der Waals surface area contributed by atoms with Crippen molar-refractivity contribution < 1.29 is 9.90 Å². The standard InChI is InChI=1S/C19H22O2/c1-12-5-7-16(9-14(12)3)18(11-19(20)21)17-8-6-13(2)15(4)10-17/h5-10,18H,11H2,1-4H3,(H,20,21). The zero-order valence-corrected chi connectivity index (χ0v) is 13.1. The summed E-state index contributed by atoms with van der Waals surface area (Å²) < 4.78 is 0. The zero-order valence-electron chi connectivity index (χ0n) is 13.1. The Hall–Kier alpha value is -2.09. The van der Waals surface area contributed by atoms with Crippen LogP contribution in [0.15, 0.2) is 36.4 Å². The molecule has 0 atom stereocenters. The highest BCUT2D eigenvalue weighted by Crippen LogP contribution is 2.30. The Kier molecular flexibility index (Phi) is 4.46. The average Bonchev–Trinajstić information content (AvgIpc) is 2.42. The molecule has 1 N–H and O–H groups in total. The molecule has 0 aliphatic carbocycles. The Morgan fingerprint density at radius 2 is 1.29 bits per heavy atom. The van der Waals surface area contributed by atoms with Crippen LogP contribution in [-0.4, -0.2) is 11.1 Å². The SMILES string of the molecule is Cc1ccc(C(CC(=O)O)c2ccc(C)c(C)c2)cc1C. The number of hydrogen-bond acceptors (Lipinski definition) is 1. The van der Waals surface area contributed by atoms with Crippen LogP contribution in [0.5, 0.6) is 0 Å². The molecule has 2 heteroatoms. The van der Waals surface area contributed by atoms with Crippen molar-refractivity contribution in [2.24, 2.45) is 0 Å². The maximum absolute atomic E-state index is 11.3. The van der Waals surface area contributed by atoms with Crippen molar-refractivity contribution in [1.29, 1.82) is 0 Å². The third-order valence-electron chi connectivity index (χ3n) is 4.25. The van der Waals surface area contributed by atoms with E-state index in [1.807, 2.05) is 12.1 Å². The third-order valence-corrected chi connectivity index (χ3v) is 4.25. The quantitative estimate of drug-likeness (QED) is 0.894. The Bertz CT molecular complexity index is 620. The fraction of sp³-hybridized carbons (Fsp3) is 0.316. The van der Waals surface area contributed by atoms with Gasteiger partial charge in [0.15, 0.2) is 0 Å². The van der Waals surface area contributed by atoms with Gasteiger partial charge in [0.25, 0.3) is 0 Å². The van der Waals surface area contributed by atoms with E-state index in [2.05, 4.69) is 52.0 Å². The predicted octanol–water partition coefficient (Wildman–Crippen LogP) is 4.53. The molecule has 0 aliphatic rings. The summed E-state index contributed by atoms with van der Waals surface area (Å²) >= 11 is 0. The van der Waals surface area contributed by atoms with Crippen LogP contribution in [0.25, 0.3) is 0 Å². The first kappa shape index (κ1) is 15.3. The zero-order chi connectivity index (χ0) is 15.6. The van der Waals surface area contributed by atoms with Crippen molar-refractivity contribution >= 4 is 5.97 Å². The van der Waals surface area contributed by atoms with Crippen LogP contribution in [0.3, 0.4) is 0 Å². The lowest BCUT2D eigenvalue weighted by molar-refractivity contribution is -0.137. The van der Waals surface area contributed by atoms with Gasteiger partial charge >= 0.3 is 5.97 Å². The van der Waals surface area contributed by atoms with E-state index in [-0.39, 0.29) is 12.3 Å². The summed E-state index contributed by atoms with van der Waals surface area (Å²) in [4.78, 5) is 11.3. The van der Waals surface area contributed by atoms with E-state index in [9.17, 15) is 9.90 Å². The molecule has 0 amide bonds. The molecule has 0 unspecified atom stereocenters. The molecule has 2 aromatic carbocycles. The van der Waals surface area contributed by atoms with Crippen LogP contribution in [0, 0.1) is 27.7 Å². The van der Waals surface area contributed by atoms with Crippen LogP contribution in [0.2, 0.25) is 0 Å². The summed E-state index contributed by atoms with van der Waals surface area (Å²) in [6.07, 6.45) is 0.116. The lowest BCUT2D eigenvalue weighted by Gasteiger charge is -2.18. The smallest absolute Gasteiger partial charge is 0.304 e. The van der Waals surface area contributed by atoms with Gasteiger partial charge in [0.05, 0.1) is 6.42 Å². The Balaban J connectivity index is 2.48. The minimum absolute atomic E-state index is 0.0962. The molecule has 0 heterocycles. The first-order valence-corrected chi connectivity index (χ1v) is 7.24. The minimum Gasteiger partial charge on any atom is -0.481 e. The highest BCUT2D eigenvalue weighted by atomic mass is 16.4. The predicted molar refractivity (Wildman–Crippen MR) is 85.9 cm³/mol. The van der Waals surface area contributed by atoms with Gasteiger partial charge in [-0.2, -0.15) is 0 Å². The fourth-order valence-corrected chi connectivity index (χ4v) is 2.57. The number of aryl methyl sites for hydroxylation is 4. The Morgan fingerprint density at radius 3 is 1.62 bits per heavy atom. The fourth-order valence-electron chi connectivity index (χ4n) is 2.57. The molecule has 0 radical (unpaired) electrons. The van der Waals surface area contributed by atoms with E-state index in [1.165, 1.54) is 22.3 Å². The Morgan fingerprint density at radius 1 is 0.857 bits per heavy atom. The first-order valence-electron chi connectivity index (χ1n) is 7.24. The van der Waals surface area contributed by atoms with Gasteiger partial charge in [0.2, 0.25) is 0 Å². The molecule has 0 aromatic heterocycles. The second-order valence-corrected chi connectivity index (χ2v) is 5.84. The van der Waals surface area contributed by atoms with E-state index in [1.54, 1.807) is 0 Å². The van der Waals surface area contributed by atoms with Gasteiger partial charge in [-0.1, -0.05) is 36.4 Å². The summed E-state index contributed by atoms with van der Waals surface area (Å²) in [6.45, 7) is 8.27. The molecule has 2 aromatic rings. The molecule has 0 fully saturated rings. The lowest BCUT2D eigenvalue weighted by atomic mass is 9.86. The second kappa shape index (κ2) is 6.13. The van der Waals surface area contributed by atoms with Gasteiger partial charge in [0.1, 0.15) is 0 Å². The molecular weight excluding hydrogens is 260 g/mol. The number of hydrogen-bond donors (Lipinski definition) is 1. The summed E-state index contributed by atoms with van der Waals surface area (Å²) in [7, 11) is 0. The van der Waals surface area contributed by atoms with Gasteiger partial charge in [-0.05, 0) is 61.1 Å².